The van der Waals surface area contributed by atoms with Gasteiger partial charge in [-0.1, -0.05) is 12.1 Å². The lowest BCUT2D eigenvalue weighted by Gasteiger charge is -2.22. The Bertz CT molecular complexity index is 482. The summed E-state index contributed by atoms with van der Waals surface area (Å²) < 4.78 is 18.1. The van der Waals surface area contributed by atoms with Crippen LogP contribution in [0.4, 0.5) is 9.18 Å². The van der Waals surface area contributed by atoms with E-state index in [1.54, 1.807) is 12.1 Å². The number of carbonyl (C=O) groups is 1. The summed E-state index contributed by atoms with van der Waals surface area (Å²) in [6.07, 6.45) is 0.539. The van der Waals surface area contributed by atoms with Crippen molar-refractivity contribution >= 4 is 6.09 Å². The molecule has 1 amide bonds. The van der Waals surface area contributed by atoms with E-state index in [2.05, 4.69) is 10.2 Å². The first kappa shape index (κ1) is 15.8. The summed E-state index contributed by atoms with van der Waals surface area (Å²) in [5, 5.41) is 2.90. The molecule has 0 spiro atoms. The lowest BCUT2D eigenvalue weighted by atomic mass is 10.2. The van der Waals surface area contributed by atoms with Crippen molar-refractivity contribution in [3.05, 3.63) is 35.6 Å². The quantitative estimate of drug-likeness (QED) is 0.932. The largest absolute Gasteiger partial charge is 0.444 e. The van der Waals surface area contributed by atoms with Crippen LogP contribution < -0.4 is 5.32 Å². The monoisotopic (exact) mass is 294 g/mol. The molecule has 116 valence electrons. The Hall–Kier alpha value is -1.62. The summed E-state index contributed by atoms with van der Waals surface area (Å²) in [7, 11) is 0. The zero-order valence-electron chi connectivity index (χ0n) is 12.9. The molecule has 1 atom stereocenters. The predicted molar refractivity (Wildman–Crippen MR) is 79.5 cm³/mol. The highest BCUT2D eigenvalue weighted by Crippen LogP contribution is 2.15. The van der Waals surface area contributed by atoms with E-state index in [1.165, 1.54) is 12.1 Å². The van der Waals surface area contributed by atoms with Crippen LogP contribution in [0.15, 0.2) is 24.3 Å². The van der Waals surface area contributed by atoms with Gasteiger partial charge < -0.3 is 10.1 Å². The molecule has 0 bridgehead atoms. The van der Waals surface area contributed by atoms with Crippen LogP contribution in [0.3, 0.4) is 0 Å². The minimum absolute atomic E-state index is 0.111. The van der Waals surface area contributed by atoms with Gasteiger partial charge in [0.15, 0.2) is 0 Å². The first-order valence-corrected chi connectivity index (χ1v) is 7.28. The maximum absolute atomic E-state index is 12.9. The maximum Gasteiger partial charge on any atom is 0.407 e. The van der Waals surface area contributed by atoms with E-state index >= 15 is 0 Å². The third-order valence-electron chi connectivity index (χ3n) is 3.31. The van der Waals surface area contributed by atoms with Gasteiger partial charge in [0.05, 0.1) is 0 Å². The molecule has 1 aliphatic rings. The van der Waals surface area contributed by atoms with Crippen LogP contribution in [0.1, 0.15) is 32.8 Å². The van der Waals surface area contributed by atoms with Gasteiger partial charge in [-0.2, -0.15) is 0 Å². The zero-order chi connectivity index (χ0) is 15.5. The number of hydrogen-bond donors (Lipinski definition) is 1. The van der Waals surface area contributed by atoms with Crippen LogP contribution in [0.5, 0.6) is 0 Å². The van der Waals surface area contributed by atoms with E-state index in [0.29, 0.717) is 0 Å². The van der Waals surface area contributed by atoms with E-state index in [0.717, 1.165) is 31.6 Å². The molecular formula is C16H23FN2O2. The van der Waals surface area contributed by atoms with Crippen molar-refractivity contribution in [2.45, 2.75) is 45.4 Å². The number of halogens is 1. The molecule has 1 saturated heterocycles. The molecule has 1 aromatic rings. The van der Waals surface area contributed by atoms with Crippen molar-refractivity contribution in [2.24, 2.45) is 0 Å². The third kappa shape index (κ3) is 5.34. The summed E-state index contributed by atoms with van der Waals surface area (Å²) in [6.45, 7) is 8.02. The second kappa shape index (κ2) is 6.43. The molecule has 2 rings (SSSR count). The van der Waals surface area contributed by atoms with Gasteiger partial charge in [-0.05, 0) is 44.9 Å². The minimum Gasteiger partial charge on any atom is -0.444 e. The minimum atomic E-state index is -0.476. The molecule has 1 aromatic carbocycles. The standard InChI is InChI=1S/C16H23FN2O2/c1-16(2,3)21-15(20)18-14-8-9-19(11-14)10-12-4-6-13(17)7-5-12/h4-7,14H,8-11H2,1-3H3,(H,18,20)/t14-/m0/s1. The molecule has 1 aliphatic heterocycles. The summed E-state index contributed by atoms with van der Waals surface area (Å²) in [5.41, 5.74) is 0.602. The van der Waals surface area contributed by atoms with Gasteiger partial charge in [-0.25, -0.2) is 9.18 Å². The number of nitrogens with one attached hydrogen (secondary N) is 1. The van der Waals surface area contributed by atoms with Crippen LogP contribution in [0.25, 0.3) is 0 Å². The van der Waals surface area contributed by atoms with E-state index in [4.69, 9.17) is 4.74 Å². The normalized spacial score (nSPS) is 19.5. The smallest absolute Gasteiger partial charge is 0.407 e. The molecule has 0 saturated carbocycles. The van der Waals surface area contributed by atoms with Crippen LogP contribution in [-0.2, 0) is 11.3 Å². The van der Waals surface area contributed by atoms with E-state index in [1.807, 2.05) is 20.8 Å². The molecule has 0 aromatic heterocycles. The molecule has 21 heavy (non-hydrogen) atoms. The average molecular weight is 294 g/mol. The van der Waals surface area contributed by atoms with Crippen LogP contribution in [-0.4, -0.2) is 35.7 Å². The fraction of sp³-hybridized carbons (Fsp3) is 0.562. The van der Waals surface area contributed by atoms with Gasteiger partial charge >= 0.3 is 6.09 Å². The Morgan fingerprint density at radius 2 is 2.05 bits per heavy atom. The molecule has 4 nitrogen and oxygen atoms in total. The number of amides is 1. The Morgan fingerprint density at radius 3 is 2.67 bits per heavy atom. The number of carbonyl (C=O) groups excluding carboxylic acids is 1. The van der Waals surface area contributed by atoms with Crippen molar-refractivity contribution in [1.29, 1.82) is 0 Å². The number of hydrogen-bond acceptors (Lipinski definition) is 3. The number of nitrogens with zero attached hydrogens (tertiary/aromatic N) is 1. The van der Waals surface area contributed by atoms with E-state index in [9.17, 15) is 9.18 Å². The molecule has 1 fully saturated rings. The molecule has 5 heteroatoms. The number of benzene rings is 1. The highest BCUT2D eigenvalue weighted by atomic mass is 19.1. The van der Waals surface area contributed by atoms with Crippen molar-refractivity contribution in [3.63, 3.8) is 0 Å². The lowest BCUT2D eigenvalue weighted by Crippen LogP contribution is -2.40. The lowest BCUT2D eigenvalue weighted by molar-refractivity contribution is 0.0506. The van der Waals surface area contributed by atoms with Gasteiger partial charge in [0, 0.05) is 25.7 Å². The van der Waals surface area contributed by atoms with Gasteiger partial charge in [0.1, 0.15) is 11.4 Å². The molecule has 1 N–H and O–H groups in total. The van der Waals surface area contributed by atoms with Gasteiger partial charge in [-0.15, -0.1) is 0 Å². The number of alkyl carbamates (subject to hydrolysis) is 1. The van der Waals surface area contributed by atoms with Crippen LogP contribution in [0, 0.1) is 5.82 Å². The molecule has 0 aliphatic carbocycles. The van der Waals surface area contributed by atoms with Crippen LogP contribution >= 0.6 is 0 Å². The van der Waals surface area contributed by atoms with Crippen LogP contribution in [0.2, 0.25) is 0 Å². The summed E-state index contributed by atoms with van der Waals surface area (Å²) in [6, 6.07) is 6.65. The average Bonchev–Trinajstić information content (AvgIpc) is 2.77. The zero-order valence-corrected chi connectivity index (χ0v) is 12.9. The Kier molecular flexibility index (Phi) is 4.83. The summed E-state index contributed by atoms with van der Waals surface area (Å²) >= 11 is 0. The van der Waals surface area contributed by atoms with Gasteiger partial charge in [-0.3, -0.25) is 4.90 Å². The fourth-order valence-corrected chi connectivity index (χ4v) is 2.42. The van der Waals surface area contributed by atoms with E-state index in [-0.39, 0.29) is 18.0 Å². The Morgan fingerprint density at radius 1 is 1.38 bits per heavy atom. The Labute approximate surface area is 125 Å². The van der Waals surface area contributed by atoms with Crippen molar-refractivity contribution in [2.75, 3.05) is 13.1 Å². The van der Waals surface area contributed by atoms with Crippen molar-refractivity contribution < 1.29 is 13.9 Å². The summed E-state index contributed by atoms with van der Waals surface area (Å²) in [4.78, 5) is 14.0. The first-order chi connectivity index (χ1) is 9.82. The highest BCUT2D eigenvalue weighted by Gasteiger charge is 2.25. The molecular weight excluding hydrogens is 271 g/mol. The SMILES string of the molecule is CC(C)(C)OC(=O)N[C@H]1CCN(Cc2ccc(F)cc2)C1. The number of rotatable bonds is 3. The second-order valence-electron chi connectivity index (χ2n) is 6.49. The topological polar surface area (TPSA) is 41.6 Å². The van der Waals surface area contributed by atoms with Crippen molar-refractivity contribution in [1.82, 2.24) is 10.2 Å². The predicted octanol–water partition coefficient (Wildman–Crippen LogP) is 2.92. The Balaban J connectivity index is 1.78. The molecule has 0 unspecified atom stereocenters. The first-order valence-electron chi connectivity index (χ1n) is 7.28. The van der Waals surface area contributed by atoms with Gasteiger partial charge in [0.2, 0.25) is 0 Å². The molecule has 1 heterocycles. The third-order valence-corrected chi connectivity index (χ3v) is 3.31. The second-order valence-corrected chi connectivity index (χ2v) is 6.49. The highest BCUT2D eigenvalue weighted by molar-refractivity contribution is 5.68. The number of likely N-dealkylation sites (tertiary alicyclic amines) is 1. The van der Waals surface area contributed by atoms with Crippen molar-refractivity contribution in [3.8, 4) is 0 Å². The molecule has 0 radical (unpaired) electrons. The van der Waals surface area contributed by atoms with E-state index < -0.39 is 5.60 Å². The fourth-order valence-electron chi connectivity index (χ4n) is 2.42. The number of ether oxygens (including phenoxy) is 1. The maximum atomic E-state index is 12.9. The van der Waals surface area contributed by atoms with Gasteiger partial charge in [0.25, 0.3) is 0 Å². The summed E-state index contributed by atoms with van der Waals surface area (Å²) in [5.74, 6) is -0.218.